The normalized spacial score (nSPS) is 23.3. The Kier molecular flexibility index (Phi) is 5.88. The molecule has 180 valence electrons. The van der Waals surface area contributed by atoms with E-state index in [2.05, 4.69) is 39.5 Å². The van der Waals surface area contributed by atoms with Crippen LogP contribution >= 0.6 is 0 Å². The molecular weight excluding hydrogens is 428 g/mol. The Morgan fingerprint density at radius 2 is 1.68 bits per heavy atom. The molecule has 2 heterocycles. The average molecular weight is 463 g/mol. The van der Waals surface area contributed by atoms with Gasteiger partial charge < -0.3 is 10.1 Å². The van der Waals surface area contributed by atoms with Gasteiger partial charge in [0.1, 0.15) is 0 Å². The van der Waals surface area contributed by atoms with Crippen LogP contribution in [0.25, 0.3) is 11.1 Å². The summed E-state index contributed by atoms with van der Waals surface area (Å²) in [5.74, 6) is -0.0546. The molecule has 2 aliphatic heterocycles. The number of hydrogen-bond donors (Lipinski definition) is 3. The SMILES string of the molecule is CC(=O)N(Cc1ccc(-c2ccccc2C2(C)N=NNN2)cc1)C1=C(C)C(C)(C)N(O)C1(C)C. The summed E-state index contributed by atoms with van der Waals surface area (Å²) in [6.45, 7) is 13.8. The average Bonchev–Trinajstić information content (AvgIpc) is 3.29. The molecule has 0 aromatic heterocycles. The second-order valence-electron chi connectivity index (χ2n) is 10.3. The maximum Gasteiger partial charge on any atom is 0.223 e. The number of hydroxylamine groups is 2. The molecule has 1 amide bonds. The maximum absolute atomic E-state index is 12.8. The number of hydrogen-bond acceptors (Lipinski definition) is 7. The molecule has 0 aliphatic carbocycles. The summed E-state index contributed by atoms with van der Waals surface area (Å²) in [6.07, 6.45) is 0. The fraction of sp³-hybridized carbons (Fsp3) is 0.423. The number of amides is 1. The van der Waals surface area contributed by atoms with Crippen molar-refractivity contribution in [3.05, 3.63) is 70.9 Å². The maximum atomic E-state index is 12.8. The Balaban J connectivity index is 1.65. The lowest BCUT2D eigenvalue weighted by Gasteiger charge is -2.38. The molecule has 2 aliphatic rings. The molecule has 8 heteroatoms. The monoisotopic (exact) mass is 462 g/mol. The van der Waals surface area contributed by atoms with E-state index < -0.39 is 16.7 Å². The predicted octanol–water partition coefficient (Wildman–Crippen LogP) is 4.89. The molecule has 8 nitrogen and oxygen atoms in total. The van der Waals surface area contributed by atoms with Crippen molar-refractivity contribution in [3.8, 4) is 11.1 Å². The van der Waals surface area contributed by atoms with Crippen molar-refractivity contribution in [1.82, 2.24) is 20.9 Å². The standard InChI is InChI=1S/C26H34N6O2/c1-17-23(25(5,6)32(34)24(17,3)4)31(18(2)33)16-19-12-14-20(15-13-19)21-10-8-9-11-22(21)26(7)27-29-30-28-26/h8-15,34H,16H2,1-7H3,(H,27,30)(H,28,29). The van der Waals surface area contributed by atoms with Crippen LogP contribution in [0.5, 0.6) is 0 Å². The minimum Gasteiger partial charge on any atom is -0.312 e. The number of rotatable bonds is 5. The Hall–Kier alpha value is -3.07. The molecule has 0 radical (unpaired) electrons. The van der Waals surface area contributed by atoms with Gasteiger partial charge in [-0.1, -0.05) is 53.8 Å². The highest BCUT2D eigenvalue weighted by molar-refractivity contribution is 5.76. The molecule has 2 aromatic carbocycles. The van der Waals surface area contributed by atoms with Gasteiger partial charge in [-0.05, 0) is 63.8 Å². The zero-order valence-electron chi connectivity index (χ0n) is 21.0. The van der Waals surface area contributed by atoms with Gasteiger partial charge in [0.25, 0.3) is 0 Å². The Labute approximate surface area is 201 Å². The van der Waals surface area contributed by atoms with Gasteiger partial charge in [0.15, 0.2) is 5.66 Å². The minimum atomic E-state index is -0.690. The van der Waals surface area contributed by atoms with E-state index in [4.69, 9.17) is 0 Å². The molecule has 34 heavy (non-hydrogen) atoms. The molecule has 2 aromatic rings. The van der Waals surface area contributed by atoms with Crippen LogP contribution in [0.4, 0.5) is 0 Å². The highest BCUT2D eigenvalue weighted by Crippen LogP contribution is 2.45. The fourth-order valence-corrected chi connectivity index (χ4v) is 5.12. The van der Waals surface area contributed by atoms with Crippen LogP contribution in [0.15, 0.2) is 70.1 Å². The number of hydrazine groups is 1. The van der Waals surface area contributed by atoms with E-state index in [1.54, 1.807) is 11.8 Å². The van der Waals surface area contributed by atoms with Gasteiger partial charge in [-0.2, -0.15) is 10.5 Å². The molecule has 0 saturated heterocycles. The van der Waals surface area contributed by atoms with Crippen molar-refractivity contribution in [2.24, 2.45) is 10.3 Å². The van der Waals surface area contributed by atoms with Gasteiger partial charge in [0, 0.05) is 18.2 Å². The van der Waals surface area contributed by atoms with E-state index in [9.17, 15) is 10.0 Å². The van der Waals surface area contributed by atoms with Gasteiger partial charge in [-0.25, -0.2) is 5.53 Å². The van der Waals surface area contributed by atoms with Crippen LogP contribution in [0.1, 0.15) is 59.6 Å². The van der Waals surface area contributed by atoms with E-state index in [1.807, 2.05) is 71.9 Å². The molecule has 0 spiro atoms. The molecule has 0 bridgehead atoms. The Morgan fingerprint density at radius 1 is 1.03 bits per heavy atom. The number of carbonyl (C=O) groups is 1. The largest absolute Gasteiger partial charge is 0.312 e. The molecule has 1 unspecified atom stereocenters. The highest BCUT2D eigenvalue weighted by atomic mass is 16.5. The summed E-state index contributed by atoms with van der Waals surface area (Å²) in [6, 6.07) is 16.3. The number of nitrogens with one attached hydrogen (secondary N) is 2. The first kappa shape index (κ1) is 24.1. The lowest BCUT2D eigenvalue weighted by molar-refractivity contribution is -0.190. The minimum absolute atomic E-state index is 0.0546. The van der Waals surface area contributed by atoms with Crippen LogP contribution in [0.2, 0.25) is 0 Å². The van der Waals surface area contributed by atoms with E-state index in [0.29, 0.717) is 6.54 Å². The van der Waals surface area contributed by atoms with Crippen LogP contribution in [-0.2, 0) is 17.0 Å². The first-order chi connectivity index (χ1) is 15.9. The van der Waals surface area contributed by atoms with Crippen molar-refractivity contribution in [3.63, 3.8) is 0 Å². The van der Waals surface area contributed by atoms with E-state index in [1.165, 1.54) is 5.06 Å². The molecule has 1 atom stereocenters. The number of nitrogens with zero attached hydrogens (tertiary/aromatic N) is 4. The van der Waals surface area contributed by atoms with Crippen LogP contribution < -0.4 is 11.0 Å². The lowest BCUT2D eigenvalue weighted by Crippen LogP contribution is -2.50. The first-order valence-electron chi connectivity index (χ1n) is 11.5. The fourth-order valence-electron chi connectivity index (χ4n) is 5.12. The second kappa shape index (κ2) is 8.30. The van der Waals surface area contributed by atoms with Crippen LogP contribution in [0.3, 0.4) is 0 Å². The Bertz CT molecular complexity index is 1170. The van der Waals surface area contributed by atoms with Gasteiger partial charge in [-0.15, -0.1) is 5.11 Å². The van der Waals surface area contributed by atoms with Gasteiger partial charge in [0.2, 0.25) is 5.91 Å². The summed E-state index contributed by atoms with van der Waals surface area (Å²) in [5.41, 5.74) is 9.90. The van der Waals surface area contributed by atoms with Gasteiger partial charge >= 0.3 is 0 Å². The topological polar surface area (TPSA) is 92.6 Å². The zero-order chi connectivity index (χ0) is 24.9. The van der Waals surface area contributed by atoms with Crippen LogP contribution in [-0.4, -0.2) is 32.2 Å². The van der Waals surface area contributed by atoms with Crippen molar-refractivity contribution in [1.29, 1.82) is 0 Å². The third-order valence-corrected chi connectivity index (χ3v) is 7.22. The molecule has 0 saturated carbocycles. The smallest absolute Gasteiger partial charge is 0.223 e. The molecular formula is C26H34N6O2. The van der Waals surface area contributed by atoms with E-state index >= 15 is 0 Å². The van der Waals surface area contributed by atoms with Crippen molar-refractivity contribution >= 4 is 5.91 Å². The Morgan fingerprint density at radius 3 is 2.21 bits per heavy atom. The van der Waals surface area contributed by atoms with E-state index in [0.717, 1.165) is 33.5 Å². The lowest BCUT2D eigenvalue weighted by atomic mass is 9.91. The second-order valence-corrected chi connectivity index (χ2v) is 10.3. The number of carbonyl (C=O) groups excluding carboxylic acids is 1. The van der Waals surface area contributed by atoms with E-state index in [-0.39, 0.29) is 5.91 Å². The van der Waals surface area contributed by atoms with Crippen molar-refractivity contribution < 1.29 is 10.0 Å². The van der Waals surface area contributed by atoms with Crippen molar-refractivity contribution in [2.45, 2.75) is 71.8 Å². The van der Waals surface area contributed by atoms with Gasteiger partial charge in [-0.3, -0.25) is 4.79 Å². The predicted molar refractivity (Wildman–Crippen MR) is 131 cm³/mol. The summed E-state index contributed by atoms with van der Waals surface area (Å²) < 4.78 is 0. The highest BCUT2D eigenvalue weighted by Gasteiger charge is 2.51. The first-order valence-corrected chi connectivity index (χ1v) is 11.5. The van der Waals surface area contributed by atoms with Crippen molar-refractivity contribution in [2.75, 3.05) is 0 Å². The molecule has 0 fully saturated rings. The summed E-state index contributed by atoms with van der Waals surface area (Å²) >= 11 is 0. The zero-order valence-corrected chi connectivity index (χ0v) is 21.0. The molecule has 4 rings (SSSR count). The van der Waals surface area contributed by atoms with Gasteiger partial charge in [0.05, 0.1) is 17.6 Å². The summed E-state index contributed by atoms with van der Waals surface area (Å²) in [5, 5.41) is 20.4. The summed E-state index contributed by atoms with van der Waals surface area (Å²) in [7, 11) is 0. The van der Waals surface area contributed by atoms with Crippen LogP contribution in [0, 0.1) is 0 Å². The molecule has 3 N–H and O–H groups in total. The third kappa shape index (κ3) is 3.81. The number of benzene rings is 2. The quantitative estimate of drug-likeness (QED) is 0.589. The summed E-state index contributed by atoms with van der Waals surface area (Å²) in [4.78, 5) is 14.5. The third-order valence-electron chi connectivity index (χ3n) is 7.22.